The first-order valence-electron chi connectivity index (χ1n) is 10.6. The van der Waals surface area contributed by atoms with Crippen molar-refractivity contribution in [2.75, 3.05) is 11.9 Å². The van der Waals surface area contributed by atoms with Crippen molar-refractivity contribution in [3.8, 4) is 5.82 Å². The molecule has 1 unspecified atom stereocenters. The zero-order chi connectivity index (χ0) is 23.5. The molecule has 0 aliphatic carbocycles. The fourth-order valence-electron chi connectivity index (χ4n) is 3.78. The predicted octanol–water partition coefficient (Wildman–Crippen LogP) is 5.86. The Hall–Kier alpha value is -3.52. The number of aromatic nitrogens is 4. The minimum Gasteiger partial charge on any atom is -0.317 e. The van der Waals surface area contributed by atoms with Gasteiger partial charge >= 0.3 is 6.03 Å². The van der Waals surface area contributed by atoms with E-state index >= 15 is 0 Å². The van der Waals surface area contributed by atoms with E-state index in [1.165, 1.54) is 18.2 Å². The number of urea groups is 1. The van der Waals surface area contributed by atoms with Crippen LogP contribution in [0.1, 0.15) is 32.4 Å². The molecule has 33 heavy (non-hydrogen) atoms. The number of nitrogens with zero attached hydrogens (tertiary/aromatic N) is 5. The molecule has 0 spiro atoms. The molecule has 1 N–H and O–H groups in total. The fourth-order valence-corrected chi connectivity index (χ4v) is 3.96. The molecule has 4 aromatic rings. The Balaban J connectivity index is 1.71. The third-order valence-electron chi connectivity index (χ3n) is 5.36. The first-order valence-corrected chi connectivity index (χ1v) is 11.0. The van der Waals surface area contributed by atoms with E-state index in [1.807, 2.05) is 45.0 Å². The van der Waals surface area contributed by atoms with Crippen molar-refractivity contribution in [1.82, 2.24) is 24.9 Å². The molecule has 0 saturated carbocycles. The van der Waals surface area contributed by atoms with Gasteiger partial charge in [-0.25, -0.2) is 18.9 Å². The number of amides is 2. The molecular weight excluding hydrogens is 443 g/mol. The first kappa shape index (κ1) is 22.7. The summed E-state index contributed by atoms with van der Waals surface area (Å²) in [5, 5.41) is 12.6. The number of hydrogen-bond donors (Lipinski definition) is 1. The average Bonchev–Trinajstić information content (AvgIpc) is 3.33. The van der Waals surface area contributed by atoms with Crippen LogP contribution in [0.15, 0.2) is 61.1 Å². The molecule has 0 bridgehead atoms. The number of hydrogen-bond acceptors (Lipinski definition) is 4. The standard InChI is InChI=1S/C24H24ClFN6O/c1-15(2)14-31(24(33)29-17-8-9-22(26)21(25)12-17)16(3)20-13-27-23(32-11-10-28-30-32)19-7-5-4-6-18(19)20/h4-13,15-16H,14H2,1-3H3,(H,29,33). The third-order valence-corrected chi connectivity index (χ3v) is 5.65. The van der Waals surface area contributed by atoms with E-state index in [0.29, 0.717) is 18.1 Å². The molecule has 170 valence electrons. The van der Waals surface area contributed by atoms with E-state index in [0.717, 1.165) is 16.3 Å². The lowest BCUT2D eigenvalue weighted by molar-refractivity contribution is 0.184. The van der Waals surface area contributed by atoms with Gasteiger partial charge in [0.15, 0.2) is 5.82 Å². The number of halogens is 2. The van der Waals surface area contributed by atoms with Gasteiger partial charge in [-0.3, -0.25) is 0 Å². The van der Waals surface area contributed by atoms with E-state index in [-0.39, 0.29) is 23.0 Å². The van der Waals surface area contributed by atoms with E-state index in [9.17, 15) is 9.18 Å². The molecule has 2 heterocycles. The van der Waals surface area contributed by atoms with Crippen molar-refractivity contribution in [2.45, 2.75) is 26.8 Å². The SMILES string of the molecule is CC(C)CN(C(=O)Nc1ccc(F)c(Cl)c1)C(C)c1cnc(-n2ccnn2)c2ccccc12. The summed E-state index contributed by atoms with van der Waals surface area (Å²) in [6.07, 6.45) is 5.12. The molecule has 2 amide bonds. The van der Waals surface area contributed by atoms with Gasteiger partial charge < -0.3 is 10.2 Å². The van der Waals surface area contributed by atoms with Crippen molar-refractivity contribution >= 4 is 34.1 Å². The van der Waals surface area contributed by atoms with Crippen LogP contribution >= 0.6 is 11.6 Å². The molecule has 0 aliphatic rings. The zero-order valence-electron chi connectivity index (χ0n) is 18.5. The number of nitrogens with one attached hydrogen (secondary N) is 1. The van der Waals surface area contributed by atoms with Gasteiger partial charge in [-0.1, -0.05) is 54.9 Å². The van der Waals surface area contributed by atoms with Gasteiger partial charge in [0.05, 0.1) is 23.5 Å². The van der Waals surface area contributed by atoms with Crippen LogP contribution < -0.4 is 5.32 Å². The summed E-state index contributed by atoms with van der Waals surface area (Å²) in [4.78, 5) is 19.7. The highest BCUT2D eigenvalue weighted by molar-refractivity contribution is 6.31. The highest BCUT2D eigenvalue weighted by Gasteiger charge is 2.25. The first-order chi connectivity index (χ1) is 15.8. The van der Waals surface area contributed by atoms with Crippen molar-refractivity contribution in [2.24, 2.45) is 5.92 Å². The molecule has 7 nitrogen and oxygen atoms in total. The number of carbonyl (C=O) groups excluding carboxylic acids is 1. The summed E-state index contributed by atoms with van der Waals surface area (Å²) in [7, 11) is 0. The quantitative estimate of drug-likeness (QED) is 0.386. The molecular formula is C24H24ClFN6O. The monoisotopic (exact) mass is 466 g/mol. The topological polar surface area (TPSA) is 75.9 Å². The average molecular weight is 467 g/mol. The van der Waals surface area contributed by atoms with Crippen molar-refractivity contribution in [1.29, 1.82) is 0 Å². The van der Waals surface area contributed by atoms with E-state index in [2.05, 4.69) is 20.6 Å². The third kappa shape index (κ3) is 4.80. The smallest absolute Gasteiger partial charge is 0.317 e. The lowest BCUT2D eigenvalue weighted by atomic mass is 10.00. The maximum absolute atomic E-state index is 13.5. The molecule has 0 aliphatic heterocycles. The molecule has 0 radical (unpaired) electrons. The molecule has 2 aromatic carbocycles. The minimum atomic E-state index is -0.535. The zero-order valence-corrected chi connectivity index (χ0v) is 19.3. The Labute approximate surface area is 196 Å². The number of benzene rings is 2. The number of fused-ring (bicyclic) bond motifs is 1. The maximum Gasteiger partial charge on any atom is 0.322 e. The lowest BCUT2D eigenvalue weighted by Gasteiger charge is -2.32. The number of carbonyl (C=O) groups is 1. The van der Waals surface area contributed by atoms with Crippen LogP contribution in [0.2, 0.25) is 5.02 Å². The fraction of sp³-hybridized carbons (Fsp3) is 0.250. The summed E-state index contributed by atoms with van der Waals surface area (Å²) in [6.45, 7) is 6.58. The molecule has 0 fully saturated rings. The second-order valence-corrected chi connectivity index (χ2v) is 8.62. The Kier molecular flexibility index (Phi) is 6.55. The number of rotatable bonds is 6. The molecule has 9 heteroatoms. The van der Waals surface area contributed by atoms with Crippen LogP contribution in [0.4, 0.5) is 14.9 Å². The van der Waals surface area contributed by atoms with Gasteiger partial charge in [0.25, 0.3) is 0 Å². The molecule has 0 saturated heterocycles. The van der Waals surface area contributed by atoms with Gasteiger partial charge in [-0.05, 0) is 36.4 Å². The van der Waals surface area contributed by atoms with Crippen LogP contribution in [0.5, 0.6) is 0 Å². The van der Waals surface area contributed by atoms with Crippen molar-refractivity contribution in [3.63, 3.8) is 0 Å². The van der Waals surface area contributed by atoms with E-state index < -0.39 is 5.82 Å². The van der Waals surface area contributed by atoms with Gasteiger partial charge in [-0.2, -0.15) is 0 Å². The van der Waals surface area contributed by atoms with Crippen molar-refractivity contribution < 1.29 is 9.18 Å². The van der Waals surface area contributed by atoms with Crippen LogP contribution in [0.25, 0.3) is 16.6 Å². The van der Waals surface area contributed by atoms with Crippen LogP contribution in [-0.2, 0) is 0 Å². The van der Waals surface area contributed by atoms with Crippen molar-refractivity contribution in [3.05, 3.63) is 77.5 Å². The normalized spacial score (nSPS) is 12.2. The summed E-state index contributed by atoms with van der Waals surface area (Å²) in [6, 6.07) is 11.4. The lowest BCUT2D eigenvalue weighted by Crippen LogP contribution is -2.39. The largest absolute Gasteiger partial charge is 0.322 e. The number of anilines is 1. The van der Waals surface area contributed by atoms with Crippen LogP contribution in [-0.4, -0.2) is 37.5 Å². The summed E-state index contributed by atoms with van der Waals surface area (Å²) in [5.74, 6) is 0.357. The van der Waals surface area contributed by atoms with Gasteiger partial charge in [0.2, 0.25) is 0 Å². The van der Waals surface area contributed by atoms with E-state index in [1.54, 1.807) is 28.2 Å². The predicted molar refractivity (Wildman–Crippen MR) is 127 cm³/mol. The summed E-state index contributed by atoms with van der Waals surface area (Å²) >= 11 is 5.88. The van der Waals surface area contributed by atoms with Crippen LogP contribution in [0, 0.1) is 11.7 Å². The minimum absolute atomic E-state index is 0.0462. The van der Waals surface area contributed by atoms with Crippen LogP contribution in [0.3, 0.4) is 0 Å². The second-order valence-electron chi connectivity index (χ2n) is 8.21. The summed E-state index contributed by atoms with van der Waals surface area (Å²) < 4.78 is 15.1. The molecule has 1 atom stereocenters. The number of pyridine rings is 1. The Morgan fingerprint density at radius 1 is 1.18 bits per heavy atom. The van der Waals surface area contributed by atoms with Gasteiger partial charge in [0, 0.05) is 29.4 Å². The molecule has 4 rings (SSSR count). The van der Waals surface area contributed by atoms with Gasteiger partial charge in [-0.15, -0.1) is 5.10 Å². The Morgan fingerprint density at radius 2 is 1.94 bits per heavy atom. The maximum atomic E-state index is 13.5. The summed E-state index contributed by atoms with van der Waals surface area (Å²) in [5.41, 5.74) is 1.33. The highest BCUT2D eigenvalue weighted by Crippen LogP contribution is 2.31. The van der Waals surface area contributed by atoms with E-state index in [4.69, 9.17) is 11.6 Å². The Bertz CT molecular complexity index is 1280. The van der Waals surface area contributed by atoms with Gasteiger partial charge in [0.1, 0.15) is 5.82 Å². The highest BCUT2D eigenvalue weighted by atomic mass is 35.5. The second kappa shape index (κ2) is 9.54. The Morgan fingerprint density at radius 3 is 2.61 bits per heavy atom. The molecule has 2 aromatic heterocycles.